The Labute approximate surface area is 165 Å². The summed E-state index contributed by atoms with van der Waals surface area (Å²) in [6.45, 7) is 0. The summed E-state index contributed by atoms with van der Waals surface area (Å²) in [5, 5.41) is 0.758. The van der Waals surface area contributed by atoms with Gasteiger partial charge in [-0.15, -0.1) is 11.3 Å². The Morgan fingerprint density at radius 3 is 2.54 bits per heavy atom. The van der Waals surface area contributed by atoms with Crippen LogP contribution in [0.5, 0.6) is 11.5 Å². The van der Waals surface area contributed by atoms with Crippen LogP contribution in [0.25, 0.3) is 21.6 Å². The van der Waals surface area contributed by atoms with Gasteiger partial charge in [0.1, 0.15) is 9.71 Å². The highest BCUT2D eigenvalue weighted by atomic mass is 32.1. The zero-order chi connectivity index (χ0) is 19.7. The first-order valence-corrected chi connectivity index (χ1v) is 9.31. The number of rotatable bonds is 5. The number of ketones is 1. The maximum atomic E-state index is 13.1. The summed E-state index contributed by atoms with van der Waals surface area (Å²) in [5.74, 6) is 0.870. The Bertz CT molecular complexity index is 1170. The summed E-state index contributed by atoms with van der Waals surface area (Å²) in [4.78, 5) is 23.2. The first-order valence-electron chi connectivity index (χ1n) is 8.49. The molecule has 0 aliphatic carbocycles. The zero-order valence-electron chi connectivity index (χ0n) is 15.3. The van der Waals surface area contributed by atoms with Gasteiger partial charge in [-0.2, -0.15) is 0 Å². The van der Waals surface area contributed by atoms with E-state index in [1.165, 1.54) is 18.4 Å². The molecular weight excluding hydrogens is 374 g/mol. The molecule has 0 amide bonds. The highest BCUT2D eigenvalue weighted by Gasteiger charge is 2.20. The van der Waals surface area contributed by atoms with E-state index < -0.39 is 0 Å². The van der Waals surface area contributed by atoms with Crippen LogP contribution in [0.15, 0.2) is 54.7 Å². The van der Waals surface area contributed by atoms with Gasteiger partial charge in [0, 0.05) is 17.1 Å². The average Bonchev–Trinajstić information content (AvgIpc) is 3.09. The Balaban J connectivity index is 1.76. The molecule has 140 valence electrons. The lowest BCUT2D eigenvalue weighted by Gasteiger charge is -2.08. The normalized spacial score (nSPS) is 10.8. The lowest BCUT2D eigenvalue weighted by atomic mass is 10.1. The minimum Gasteiger partial charge on any atom is -0.493 e. The molecule has 3 aromatic heterocycles. The molecule has 0 spiro atoms. The molecule has 2 N–H and O–H groups in total. The molecule has 0 aliphatic heterocycles. The molecular formula is C21H17N3O3S. The van der Waals surface area contributed by atoms with Crippen molar-refractivity contribution in [3.63, 3.8) is 0 Å². The van der Waals surface area contributed by atoms with E-state index in [0.29, 0.717) is 32.5 Å². The predicted molar refractivity (Wildman–Crippen MR) is 110 cm³/mol. The molecule has 0 fully saturated rings. The van der Waals surface area contributed by atoms with Gasteiger partial charge in [-0.1, -0.05) is 6.07 Å². The number of hydrogen-bond donors (Lipinski definition) is 1. The number of thiophene rings is 1. The van der Waals surface area contributed by atoms with Crippen molar-refractivity contribution in [1.82, 2.24) is 9.97 Å². The van der Waals surface area contributed by atoms with E-state index in [9.17, 15) is 4.79 Å². The molecule has 0 atom stereocenters. The highest BCUT2D eigenvalue weighted by molar-refractivity contribution is 7.21. The second kappa shape index (κ2) is 7.28. The zero-order valence-corrected chi connectivity index (χ0v) is 16.1. The van der Waals surface area contributed by atoms with Gasteiger partial charge in [0.2, 0.25) is 5.78 Å². The van der Waals surface area contributed by atoms with Crippen molar-refractivity contribution in [2.45, 2.75) is 0 Å². The molecule has 6 nitrogen and oxygen atoms in total. The monoisotopic (exact) mass is 391 g/mol. The van der Waals surface area contributed by atoms with Gasteiger partial charge in [0.15, 0.2) is 11.5 Å². The number of ether oxygens (including phenoxy) is 2. The average molecular weight is 391 g/mol. The van der Waals surface area contributed by atoms with Crippen LogP contribution in [0.2, 0.25) is 0 Å². The van der Waals surface area contributed by atoms with Crippen LogP contribution in [0.4, 0.5) is 5.69 Å². The van der Waals surface area contributed by atoms with E-state index in [1.807, 2.05) is 30.3 Å². The summed E-state index contributed by atoms with van der Waals surface area (Å²) in [7, 11) is 3.08. The predicted octanol–water partition coefficient (Wildman–Crippen LogP) is 4.19. The van der Waals surface area contributed by atoms with Crippen LogP contribution < -0.4 is 15.2 Å². The van der Waals surface area contributed by atoms with Crippen molar-refractivity contribution in [2.24, 2.45) is 0 Å². The Hall–Kier alpha value is -3.45. The molecule has 28 heavy (non-hydrogen) atoms. The van der Waals surface area contributed by atoms with Crippen LogP contribution >= 0.6 is 11.3 Å². The second-order valence-corrected chi connectivity index (χ2v) is 7.01. The molecule has 0 unspecified atom stereocenters. The molecule has 7 heteroatoms. The Morgan fingerprint density at radius 1 is 1.00 bits per heavy atom. The fourth-order valence-corrected chi connectivity index (χ4v) is 3.99. The first kappa shape index (κ1) is 17.9. The summed E-state index contributed by atoms with van der Waals surface area (Å²) >= 11 is 1.27. The van der Waals surface area contributed by atoms with Crippen molar-refractivity contribution < 1.29 is 14.3 Å². The fourth-order valence-electron chi connectivity index (χ4n) is 2.93. The quantitative estimate of drug-likeness (QED) is 0.513. The number of aromatic nitrogens is 2. The van der Waals surface area contributed by atoms with Gasteiger partial charge in [-0.05, 0) is 42.5 Å². The number of methoxy groups -OCH3 is 2. The van der Waals surface area contributed by atoms with Gasteiger partial charge >= 0.3 is 0 Å². The third kappa shape index (κ3) is 3.05. The van der Waals surface area contributed by atoms with Crippen LogP contribution in [0.1, 0.15) is 15.2 Å². The molecule has 0 saturated heterocycles. The van der Waals surface area contributed by atoms with Crippen LogP contribution in [0, 0.1) is 0 Å². The Morgan fingerprint density at radius 2 is 1.82 bits per heavy atom. The van der Waals surface area contributed by atoms with Crippen molar-refractivity contribution in [1.29, 1.82) is 0 Å². The first-order chi connectivity index (χ1) is 13.6. The SMILES string of the molecule is COc1ccc(C(=O)c2sc3nc(-c4ccccn4)ccc3c2N)cc1OC. The number of carbonyl (C=O) groups excluding carboxylic acids is 1. The van der Waals surface area contributed by atoms with E-state index in [-0.39, 0.29) is 5.78 Å². The Kier molecular flexibility index (Phi) is 4.67. The molecule has 0 radical (unpaired) electrons. The van der Waals surface area contributed by atoms with Gasteiger partial charge in [0.05, 0.1) is 31.3 Å². The number of benzene rings is 1. The van der Waals surface area contributed by atoms with Gasteiger partial charge in [-0.3, -0.25) is 9.78 Å². The van der Waals surface area contributed by atoms with Crippen LogP contribution in [-0.2, 0) is 0 Å². The fraction of sp³-hybridized carbons (Fsp3) is 0.0952. The number of nitrogen functional groups attached to an aromatic ring is 1. The number of pyridine rings is 2. The third-order valence-corrected chi connectivity index (χ3v) is 5.49. The van der Waals surface area contributed by atoms with Crippen molar-refractivity contribution >= 4 is 33.0 Å². The lowest BCUT2D eigenvalue weighted by molar-refractivity contribution is 0.104. The van der Waals surface area contributed by atoms with Crippen LogP contribution in [0.3, 0.4) is 0 Å². The maximum Gasteiger partial charge on any atom is 0.205 e. The number of fused-ring (bicyclic) bond motifs is 1. The smallest absolute Gasteiger partial charge is 0.205 e. The number of carbonyl (C=O) groups is 1. The minimum atomic E-state index is -0.180. The highest BCUT2D eigenvalue weighted by Crippen LogP contribution is 2.36. The molecule has 1 aromatic carbocycles. The molecule has 4 rings (SSSR count). The summed E-state index contributed by atoms with van der Waals surface area (Å²) < 4.78 is 10.5. The topological polar surface area (TPSA) is 87.3 Å². The molecule has 4 aromatic rings. The largest absolute Gasteiger partial charge is 0.493 e. The lowest BCUT2D eigenvalue weighted by Crippen LogP contribution is -2.03. The van der Waals surface area contributed by atoms with Crippen molar-refractivity contribution in [2.75, 3.05) is 20.0 Å². The van der Waals surface area contributed by atoms with Crippen molar-refractivity contribution in [3.05, 3.63) is 65.2 Å². The number of nitrogens with zero attached hydrogens (tertiary/aromatic N) is 2. The minimum absolute atomic E-state index is 0.180. The summed E-state index contributed by atoms with van der Waals surface area (Å²) in [5.41, 5.74) is 8.68. The molecule has 0 aliphatic rings. The number of nitrogens with two attached hydrogens (primary N) is 1. The molecule has 3 heterocycles. The van der Waals surface area contributed by atoms with Crippen LogP contribution in [-0.4, -0.2) is 30.0 Å². The van der Waals surface area contributed by atoms with E-state index >= 15 is 0 Å². The van der Waals surface area contributed by atoms with Gasteiger partial charge in [0.25, 0.3) is 0 Å². The third-order valence-electron chi connectivity index (χ3n) is 4.37. The van der Waals surface area contributed by atoms with E-state index in [2.05, 4.69) is 9.97 Å². The van der Waals surface area contributed by atoms with Gasteiger partial charge in [-0.25, -0.2) is 4.98 Å². The van der Waals surface area contributed by atoms with E-state index in [0.717, 1.165) is 16.8 Å². The standard InChI is InChI=1S/C21H17N3O3S/c1-26-16-9-6-12(11-17(16)27-2)19(25)20-18(22)13-7-8-15(24-21(13)28-20)14-5-3-4-10-23-14/h3-11H,22H2,1-2H3. The summed E-state index contributed by atoms with van der Waals surface area (Å²) in [6.07, 6.45) is 1.72. The number of hydrogen-bond acceptors (Lipinski definition) is 7. The van der Waals surface area contributed by atoms with E-state index in [4.69, 9.17) is 15.2 Å². The van der Waals surface area contributed by atoms with Crippen molar-refractivity contribution in [3.8, 4) is 22.9 Å². The summed E-state index contributed by atoms with van der Waals surface area (Å²) in [6, 6.07) is 14.4. The maximum absolute atomic E-state index is 13.1. The second-order valence-electron chi connectivity index (χ2n) is 6.01. The molecule has 0 saturated carbocycles. The number of anilines is 1. The van der Waals surface area contributed by atoms with E-state index in [1.54, 1.807) is 31.5 Å². The van der Waals surface area contributed by atoms with Gasteiger partial charge < -0.3 is 15.2 Å². The molecule has 0 bridgehead atoms.